The Balaban J connectivity index is 1.57. The Morgan fingerprint density at radius 2 is 1.67 bits per heavy atom. The lowest BCUT2D eigenvalue weighted by Gasteiger charge is -2.08. The van der Waals surface area contributed by atoms with E-state index in [1.54, 1.807) is 30.2 Å². The Labute approximate surface area is 142 Å². The fraction of sp³-hybridized carbons (Fsp3) is 0. The second kappa shape index (κ2) is 6.64. The first-order valence-electron chi connectivity index (χ1n) is 7.35. The van der Waals surface area contributed by atoms with Gasteiger partial charge < -0.3 is 14.2 Å². The van der Waals surface area contributed by atoms with Gasteiger partial charge in [-0.2, -0.15) is 0 Å². The fourth-order valence-corrected chi connectivity index (χ4v) is 3.09. The Bertz CT molecular complexity index is 920. The minimum Gasteiger partial charge on any atom is -0.459 e. The molecule has 0 atom stereocenters. The lowest BCUT2D eigenvalue weighted by Crippen LogP contribution is -1.92. The summed E-state index contributed by atoms with van der Waals surface area (Å²) in [6.07, 6.45) is 1.57. The minimum absolute atomic E-state index is 0.322. The summed E-state index contributed by atoms with van der Waals surface area (Å²) in [6.45, 7) is 0. The zero-order chi connectivity index (χ0) is 16.2. The first kappa shape index (κ1) is 14.6. The molecule has 0 aliphatic rings. The van der Waals surface area contributed by atoms with Gasteiger partial charge in [-0.3, -0.25) is 0 Å². The molecule has 0 spiro atoms. The molecule has 1 N–H and O–H groups in total. The monoisotopic (exact) mass is 335 g/mol. The first-order valence-corrected chi connectivity index (χ1v) is 8.16. The zero-order valence-electron chi connectivity index (χ0n) is 12.5. The maximum Gasteiger partial charge on any atom is 0.320 e. The maximum atomic E-state index is 5.60. The summed E-state index contributed by atoms with van der Waals surface area (Å²) >= 11 is 1.67. The van der Waals surface area contributed by atoms with Crippen LogP contribution in [-0.4, -0.2) is 10.2 Å². The molecular formula is C18H13N3O2S. The van der Waals surface area contributed by atoms with E-state index >= 15 is 0 Å². The molecule has 0 saturated heterocycles. The van der Waals surface area contributed by atoms with Gasteiger partial charge in [0.1, 0.15) is 0 Å². The molecule has 0 radical (unpaired) electrons. The van der Waals surface area contributed by atoms with E-state index in [2.05, 4.69) is 27.6 Å². The predicted molar refractivity (Wildman–Crippen MR) is 92.3 cm³/mol. The molecule has 24 heavy (non-hydrogen) atoms. The third-order valence-corrected chi connectivity index (χ3v) is 4.34. The van der Waals surface area contributed by atoms with Crippen molar-refractivity contribution in [1.82, 2.24) is 10.2 Å². The molecule has 2 aromatic carbocycles. The van der Waals surface area contributed by atoms with Gasteiger partial charge in [-0.25, -0.2) is 0 Å². The number of aromatic nitrogens is 2. The van der Waals surface area contributed by atoms with Crippen LogP contribution in [0.15, 0.2) is 91.6 Å². The van der Waals surface area contributed by atoms with E-state index in [1.807, 2.05) is 42.5 Å². The van der Waals surface area contributed by atoms with E-state index in [4.69, 9.17) is 8.83 Å². The van der Waals surface area contributed by atoms with Crippen molar-refractivity contribution in [2.24, 2.45) is 0 Å². The van der Waals surface area contributed by atoms with Crippen LogP contribution in [0.25, 0.3) is 11.7 Å². The van der Waals surface area contributed by atoms with Gasteiger partial charge in [0, 0.05) is 9.79 Å². The molecule has 0 aliphatic carbocycles. The van der Waals surface area contributed by atoms with Crippen LogP contribution < -0.4 is 5.32 Å². The molecule has 4 rings (SSSR count). The number of hydrogen-bond donors (Lipinski definition) is 1. The third kappa shape index (κ3) is 3.18. The Kier molecular flexibility index (Phi) is 4.04. The van der Waals surface area contributed by atoms with Crippen LogP contribution in [0.1, 0.15) is 0 Å². The highest BCUT2D eigenvalue weighted by atomic mass is 32.2. The number of anilines is 2. The number of furan rings is 1. The van der Waals surface area contributed by atoms with E-state index in [0.717, 1.165) is 15.5 Å². The summed E-state index contributed by atoms with van der Waals surface area (Å²) in [7, 11) is 0. The largest absolute Gasteiger partial charge is 0.459 e. The predicted octanol–water partition coefficient (Wildman–Crippen LogP) is 5.22. The van der Waals surface area contributed by atoms with Crippen molar-refractivity contribution in [3.8, 4) is 11.7 Å². The van der Waals surface area contributed by atoms with E-state index in [1.165, 1.54) is 0 Å². The topological polar surface area (TPSA) is 64.1 Å². The normalized spacial score (nSPS) is 10.7. The molecule has 0 saturated carbocycles. The third-order valence-electron chi connectivity index (χ3n) is 3.26. The van der Waals surface area contributed by atoms with Gasteiger partial charge in [0.05, 0.1) is 12.0 Å². The summed E-state index contributed by atoms with van der Waals surface area (Å²) in [5.41, 5.74) is 0.904. The number of benzene rings is 2. The summed E-state index contributed by atoms with van der Waals surface area (Å²) < 4.78 is 10.9. The van der Waals surface area contributed by atoms with Crippen molar-refractivity contribution >= 4 is 23.5 Å². The van der Waals surface area contributed by atoms with Crippen LogP contribution >= 0.6 is 11.8 Å². The highest BCUT2D eigenvalue weighted by molar-refractivity contribution is 7.99. The average molecular weight is 335 g/mol. The second-order valence-electron chi connectivity index (χ2n) is 4.93. The first-order chi connectivity index (χ1) is 11.9. The molecule has 0 bridgehead atoms. The van der Waals surface area contributed by atoms with Crippen LogP contribution in [0, 0.1) is 0 Å². The Morgan fingerprint density at radius 3 is 2.50 bits per heavy atom. The molecule has 4 aromatic rings. The van der Waals surface area contributed by atoms with Crippen LogP contribution in [0.3, 0.4) is 0 Å². The second-order valence-corrected chi connectivity index (χ2v) is 6.04. The molecule has 6 heteroatoms. The maximum absolute atomic E-state index is 5.60. The minimum atomic E-state index is 0.322. The lowest BCUT2D eigenvalue weighted by molar-refractivity contribution is 0.524. The van der Waals surface area contributed by atoms with Gasteiger partial charge in [0.15, 0.2) is 5.76 Å². The van der Waals surface area contributed by atoms with Crippen LogP contribution in [0.2, 0.25) is 0 Å². The molecule has 118 valence electrons. The highest BCUT2D eigenvalue weighted by Crippen LogP contribution is 2.34. The fourth-order valence-electron chi connectivity index (χ4n) is 2.16. The number of para-hydroxylation sites is 1. The van der Waals surface area contributed by atoms with Gasteiger partial charge in [0.2, 0.25) is 0 Å². The van der Waals surface area contributed by atoms with Crippen molar-refractivity contribution in [1.29, 1.82) is 0 Å². The van der Waals surface area contributed by atoms with Gasteiger partial charge in [-0.15, -0.1) is 5.10 Å². The molecular weight excluding hydrogens is 322 g/mol. The van der Waals surface area contributed by atoms with Crippen molar-refractivity contribution in [2.45, 2.75) is 9.79 Å². The average Bonchev–Trinajstić information content (AvgIpc) is 3.29. The summed E-state index contributed by atoms with van der Waals surface area (Å²) in [5.74, 6) is 0.887. The number of rotatable bonds is 5. The standard InChI is InChI=1S/C18H13N3O2S/c1-2-7-13(8-3-1)24-16-11-5-4-9-14(16)19-18-21-20-17(23-18)15-10-6-12-22-15/h1-12H,(H,19,21). The smallest absolute Gasteiger partial charge is 0.320 e. The van der Waals surface area contributed by atoms with Crippen molar-refractivity contribution in [3.05, 3.63) is 73.0 Å². The molecule has 0 amide bonds. The molecule has 2 aromatic heterocycles. The van der Waals surface area contributed by atoms with Gasteiger partial charge >= 0.3 is 6.01 Å². The molecule has 5 nitrogen and oxygen atoms in total. The van der Waals surface area contributed by atoms with Crippen molar-refractivity contribution in [3.63, 3.8) is 0 Å². The zero-order valence-corrected chi connectivity index (χ0v) is 13.4. The summed E-state index contributed by atoms with van der Waals surface area (Å²) in [4.78, 5) is 2.23. The van der Waals surface area contributed by atoms with Crippen LogP contribution in [0.5, 0.6) is 0 Å². The van der Waals surface area contributed by atoms with E-state index < -0.39 is 0 Å². The molecule has 2 heterocycles. The van der Waals surface area contributed by atoms with E-state index in [0.29, 0.717) is 17.7 Å². The summed E-state index contributed by atoms with van der Waals surface area (Å²) in [5, 5.41) is 11.2. The number of nitrogens with one attached hydrogen (secondary N) is 1. The quantitative estimate of drug-likeness (QED) is 0.539. The van der Waals surface area contributed by atoms with E-state index in [9.17, 15) is 0 Å². The molecule has 0 unspecified atom stereocenters. The molecule has 0 aliphatic heterocycles. The van der Waals surface area contributed by atoms with Crippen LogP contribution in [0.4, 0.5) is 11.7 Å². The Morgan fingerprint density at radius 1 is 0.833 bits per heavy atom. The van der Waals surface area contributed by atoms with Crippen molar-refractivity contribution in [2.75, 3.05) is 5.32 Å². The van der Waals surface area contributed by atoms with Gasteiger partial charge in [-0.05, 0) is 36.4 Å². The van der Waals surface area contributed by atoms with Gasteiger partial charge in [-0.1, -0.05) is 47.2 Å². The van der Waals surface area contributed by atoms with Crippen molar-refractivity contribution < 1.29 is 8.83 Å². The molecule has 0 fully saturated rings. The Hall–Kier alpha value is -2.99. The number of hydrogen-bond acceptors (Lipinski definition) is 6. The SMILES string of the molecule is c1ccc(Sc2ccccc2Nc2nnc(-c3ccco3)o2)cc1. The highest BCUT2D eigenvalue weighted by Gasteiger charge is 2.12. The van der Waals surface area contributed by atoms with Gasteiger partial charge in [0.25, 0.3) is 5.89 Å². The van der Waals surface area contributed by atoms with Crippen LogP contribution in [-0.2, 0) is 0 Å². The number of nitrogens with zero attached hydrogens (tertiary/aromatic N) is 2. The lowest BCUT2D eigenvalue weighted by atomic mass is 10.3. The summed E-state index contributed by atoms with van der Waals surface area (Å²) in [6, 6.07) is 22.0. The van der Waals surface area contributed by atoms with E-state index in [-0.39, 0.29) is 0 Å².